The highest BCUT2D eigenvalue weighted by Crippen LogP contribution is 2.36. The lowest BCUT2D eigenvalue weighted by Gasteiger charge is -2.15. The summed E-state index contributed by atoms with van der Waals surface area (Å²) in [7, 11) is 0. The number of ether oxygens (including phenoxy) is 2. The first-order chi connectivity index (χ1) is 13.3. The van der Waals surface area contributed by atoms with Crippen LogP contribution in [0.2, 0.25) is 10.0 Å². The molecule has 0 spiro atoms. The molecule has 0 aliphatic carbocycles. The van der Waals surface area contributed by atoms with Crippen molar-refractivity contribution in [2.24, 2.45) is 10.7 Å². The molecular weight excluding hydrogens is 419 g/mol. The van der Waals surface area contributed by atoms with E-state index in [-0.39, 0.29) is 11.8 Å². The molecule has 0 fully saturated rings. The minimum absolute atomic E-state index is 0.203. The number of hydrogen-bond acceptors (Lipinski definition) is 5. The molecule has 0 bridgehead atoms. The van der Waals surface area contributed by atoms with Gasteiger partial charge in [-0.25, -0.2) is 0 Å². The van der Waals surface area contributed by atoms with E-state index in [1.807, 2.05) is 32.0 Å². The molecule has 2 N–H and O–H groups in total. The van der Waals surface area contributed by atoms with E-state index in [9.17, 15) is 4.79 Å². The molecule has 0 saturated heterocycles. The largest absolute Gasteiger partial charge is 0.489 e. The van der Waals surface area contributed by atoms with Crippen LogP contribution in [0.3, 0.4) is 0 Å². The van der Waals surface area contributed by atoms with Crippen molar-refractivity contribution in [3.8, 4) is 11.5 Å². The van der Waals surface area contributed by atoms with E-state index in [1.54, 1.807) is 18.2 Å². The first kappa shape index (κ1) is 20.6. The number of carbonyl (C=O) groups excluding carboxylic acids is 1. The van der Waals surface area contributed by atoms with E-state index in [0.29, 0.717) is 32.9 Å². The molecule has 28 heavy (non-hydrogen) atoms. The third kappa shape index (κ3) is 4.82. The number of hydrogen-bond donors (Lipinski definition) is 1. The molecule has 0 saturated carbocycles. The maximum absolute atomic E-state index is 11.9. The lowest BCUT2D eigenvalue weighted by Crippen LogP contribution is -2.11. The Morgan fingerprint density at radius 1 is 1.11 bits per heavy atom. The Hall–Kier alpha value is -2.15. The number of carbonyl (C=O) groups is 1. The molecular formula is C20H18Cl2N2O3S. The van der Waals surface area contributed by atoms with Crippen LogP contribution >= 0.6 is 35.0 Å². The molecule has 0 unspecified atom stereocenters. The standard InChI is InChI=1S/C20H18Cl2N2O3S/c1-11-4-3-5-12(2)17(11)26-6-7-27-18-13(8-14(21)10-15(18)22)9-16-19(25)24-20(23)28-16/h3-5,8-10H,6-7H2,1-2H3,(H2,23,24,25). The monoisotopic (exact) mass is 436 g/mol. The van der Waals surface area contributed by atoms with Gasteiger partial charge >= 0.3 is 0 Å². The molecule has 3 rings (SSSR count). The normalized spacial score (nSPS) is 15.1. The molecule has 0 atom stereocenters. The number of amides is 1. The van der Waals surface area contributed by atoms with Gasteiger partial charge in [-0.15, -0.1) is 0 Å². The maximum Gasteiger partial charge on any atom is 0.286 e. The molecule has 1 heterocycles. The van der Waals surface area contributed by atoms with Crippen LogP contribution in [0.4, 0.5) is 0 Å². The SMILES string of the molecule is Cc1cccc(C)c1OCCOc1c(Cl)cc(Cl)cc1C=C1SC(N)=NC1=O. The molecule has 8 heteroatoms. The molecule has 1 aliphatic heterocycles. The fraction of sp³-hybridized carbons (Fsp3) is 0.200. The second kappa shape index (κ2) is 8.90. The van der Waals surface area contributed by atoms with E-state index in [1.165, 1.54) is 0 Å². The van der Waals surface area contributed by atoms with Crippen LogP contribution in [0.25, 0.3) is 6.08 Å². The molecule has 1 amide bonds. The van der Waals surface area contributed by atoms with Gasteiger partial charge in [0.25, 0.3) is 5.91 Å². The van der Waals surface area contributed by atoms with E-state index < -0.39 is 5.91 Å². The summed E-state index contributed by atoms with van der Waals surface area (Å²) in [5.74, 6) is 0.863. The van der Waals surface area contributed by atoms with Gasteiger partial charge in [-0.2, -0.15) is 4.99 Å². The van der Waals surface area contributed by atoms with Crippen LogP contribution in [0.1, 0.15) is 16.7 Å². The molecule has 2 aromatic rings. The van der Waals surface area contributed by atoms with E-state index in [4.69, 9.17) is 38.4 Å². The van der Waals surface area contributed by atoms with Crippen molar-refractivity contribution in [3.05, 3.63) is 62.0 Å². The Labute approximate surface area is 177 Å². The van der Waals surface area contributed by atoms with E-state index >= 15 is 0 Å². The summed E-state index contributed by atoms with van der Waals surface area (Å²) in [5, 5.41) is 0.977. The molecule has 0 aromatic heterocycles. The van der Waals surface area contributed by atoms with Gasteiger partial charge < -0.3 is 15.2 Å². The van der Waals surface area contributed by atoms with Crippen molar-refractivity contribution in [3.63, 3.8) is 0 Å². The predicted octanol–water partition coefficient (Wildman–Crippen LogP) is 5.00. The van der Waals surface area contributed by atoms with Crippen LogP contribution in [0.15, 0.2) is 40.2 Å². The highest BCUT2D eigenvalue weighted by atomic mass is 35.5. The summed E-state index contributed by atoms with van der Waals surface area (Å²) in [6, 6.07) is 9.23. The third-order valence-electron chi connectivity index (χ3n) is 3.95. The highest BCUT2D eigenvalue weighted by Gasteiger charge is 2.21. The first-order valence-electron chi connectivity index (χ1n) is 8.44. The number of thioether (sulfide) groups is 1. The topological polar surface area (TPSA) is 73.9 Å². The number of nitrogens with two attached hydrogens (primary N) is 1. The minimum Gasteiger partial charge on any atom is -0.489 e. The summed E-state index contributed by atoms with van der Waals surface area (Å²) in [6.07, 6.45) is 1.62. The predicted molar refractivity (Wildman–Crippen MR) is 116 cm³/mol. The number of benzene rings is 2. The fourth-order valence-electron chi connectivity index (χ4n) is 2.72. The summed E-state index contributed by atoms with van der Waals surface area (Å²) >= 11 is 13.5. The Bertz CT molecular complexity index is 969. The molecule has 1 aliphatic rings. The zero-order valence-corrected chi connectivity index (χ0v) is 17.6. The van der Waals surface area contributed by atoms with Gasteiger partial charge in [-0.05, 0) is 54.9 Å². The van der Waals surface area contributed by atoms with Crippen LogP contribution in [0, 0.1) is 13.8 Å². The minimum atomic E-state index is -0.400. The average Bonchev–Trinajstić information content (AvgIpc) is 2.92. The van der Waals surface area contributed by atoms with Gasteiger partial charge in [0, 0.05) is 10.6 Å². The van der Waals surface area contributed by atoms with Gasteiger partial charge in [0.2, 0.25) is 0 Å². The zero-order chi connectivity index (χ0) is 20.3. The number of nitrogens with zero attached hydrogens (tertiary/aromatic N) is 1. The van der Waals surface area contributed by atoms with Crippen molar-refractivity contribution in [2.45, 2.75) is 13.8 Å². The second-order valence-electron chi connectivity index (χ2n) is 6.09. The Kier molecular flexibility index (Phi) is 6.54. The maximum atomic E-state index is 11.9. The number of rotatable bonds is 6. The number of amidine groups is 1. The van der Waals surface area contributed by atoms with Crippen molar-refractivity contribution in [2.75, 3.05) is 13.2 Å². The van der Waals surface area contributed by atoms with Gasteiger partial charge in [0.15, 0.2) is 5.17 Å². The van der Waals surface area contributed by atoms with Crippen LogP contribution in [0.5, 0.6) is 11.5 Å². The Balaban J connectivity index is 1.73. The number of aryl methyl sites for hydroxylation is 2. The number of halogens is 2. The summed E-state index contributed by atoms with van der Waals surface area (Å²) in [4.78, 5) is 15.9. The summed E-state index contributed by atoms with van der Waals surface area (Å²) in [6.45, 7) is 4.59. The van der Waals surface area contributed by atoms with Crippen LogP contribution in [-0.4, -0.2) is 24.3 Å². The van der Waals surface area contributed by atoms with Crippen LogP contribution in [-0.2, 0) is 4.79 Å². The smallest absolute Gasteiger partial charge is 0.286 e. The fourth-order valence-corrected chi connectivity index (χ4v) is 3.96. The van der Waals surface area contributed by atoms with Gasteiger partial charge in [-0.1, -0.05) is 41.4 Å². The zero-order valence-electron chi connectivity index (χ0n) is 15.3. The summed E-state index contributed by atoms with van der Waals surface area (Å²) < 4.78 is 11.7. The molecule has 0 radical (unpaired) electrons. The first-order valence-corrected chi connectivity index (χ1v) is 10.0. The Morgan fingerprint density at radius 2 is 1.75 bits per heavy atom. The van der Waals surface area contributed by atoms with Crippen LogP contribution < -0.4 is 15.2 Å². The highest BCUT2D eigenvalue weighted by molar-refractivity contribution is 8.18. The molecule has 2 aromatic carbocycles. The van der Waals surface area contributed by atoms with Gasteiger partial charge in [-0.3, -0.25) is 4.79 Å². The second-order valence-corrected chi connectivity index (χ2v) is 8.00. The lowest BCUT2D eigenvalue weighted by atomic mass is 10.1. The van der Waals surface area contributed by atoms with Crippen molar-refractivity contribution in [1.82, 2.24) is 0 Å². The average molecular weight is 437 g/mol. The number of para-hydroxylation sites is 1. The molecule has 146 valence electrons. The number of aliphatic imine (C=N–C) groups is 1. The quantitative estimate of drug-likeness (QED) is 0.509. The van der Waals surface area contributed by atoms with E-state index in [0.717, 1.165) is 28.6 Å². The lowest BCUT2D eigenvalue weighted by molar-refractivity contribution is -0.113. The summed E-state index contributed by atoms with van der Waals surface area (Å²) in [5.41, 5.74) is 8.29. The van der Waals surface area contributed by atoms with E-state index in [2.05, 4.69) is 4.99 Å². The third-order valence-corrected chi connectivity index (χ3v) is 5.26. The van der Waals surface area contributed by atoms with Gasteiger partial charge in [0.05, 0.1) is 9.93 Å². The van der Waals surface area contributed by atoms with Crippen molar-refractivity contribution < 1.29 is 14.3 Å². The van der Waals surface area contributed by atoms with Crippen molar-refractivity contribution in [1.29, 1.82) is 0 Å². The molecule has 5 nitrogen and oxygen atoms in total. The van der Waals surface area contributed by atoms with Gasteiger partial charge in [0.1, 0.15) is 24.7 Å². The van der Waals surface area contributed by atoms with Crippen molar-refractivity contribution >= 4 is 52.1 Å². The Morgan fingerprint density at radius 3 is 2.36 bits per heavy atom.